The fourth-order valence-electron chi connectivity index (χ4n) is 2.58. The van der Waals surface area contributed by atoms with E-state index in [4.69, 9.17) is 14.9 Å². The van der Waals surface area contributed by atoms with Crippen LogP contribution in [0, 0.1) is 19.8 Å². The first-order valence-corrected chi connectivity index (χ1v) is 8.30. The van der Waals surface area contributed by atoms with Crippen molar-refractivity contribution >= 4 is 10.0 Å². The van der Waals surface area contributed by atoms with Gasteiger partial charge < -0.3 is 14.9 Å². The maximum absolute atomic E-state index is 12.4. The SMILES string of the molecule is Cc1oc(C)c(S(=O)(=O)NCCC2CCOC2)c1CN. The lowest BCUT2D eigenvalue weighted by Gasteiger charge is -2.10. The summed E-state index contributed by atoms with van der Waals surface area (Å²) in [5, 5.41) is 0. The summed E-state index contributed by atoms with van der Waals surface area (Å²) in [5.41, 5.74) is 6.18. The first-order valence-electron chi connectivity index (χ1n) is 6.82. The van der Waals surface area contributed by atoms with Crippen LogP contribution in [0.3, 0.4) is 0 Å². The standard InChI is InChI=1S/C13H22N2O4S/c1-9-12(7-14)13(10(2)19-9)20(16,17)15-5-3-11-4-6-18-8-11/h11,15H,3-8,14H2,1-2H3. The molecule has 114 valence electrons. The fraction of sp³-hybridized carbons (Fsp3) is 0.692. The number of nitrogens with one attached hydrogen (secondary N) is 1. The second-order valence-electron chi connectivity index (χ2n) is 5.14. The number of rotatable bonds is 6. The Hall–Kier alpha value is -0.890. The van der Waals surface area contributed by atoms with E-state index in [1.807, 2.05) is 0 Å². The maximum atomic E-state index is 12.4. The molecule has 0 spiro atoms. The minimum Gasteiger partial charge on any atom is -0.465 e. The molecule has 1 aliphatic rings. The third kappa shape index (κ3) is 3.22. The Kier molecular flexibility index (Phi) is 4.85. The van der Waals surface area contributed by atoms with Crippen LogP contribution in [-0.4, -0.2) is 28.2 Å². The summed E-state index contributed by atoms with van der Waals surface area (Å²) >= 11 is 0. The van der Waals surface area contributed by atoms with Crippen molar-refractivity contribution in [2.45, 2.75) is 38.1 Å². The fourth-order valence-corrected chi connectivity index (χ4v) is 4.08. The zero-order valence-corrected chi connectivity index (χ0v) is 12.8. The molecule has 1 atom stereocenters. The normalized spacial score (nSPS) is 19.6. The van der Waals surface area contributed by atoms with E-state index in [0.717, 1.165) is 26.1 Å². The van der Waals surface area contributed by atoms with Crippen LogP contribution in [0.5, 0.6) is 0 Å². The van der Waals surface area contributed by atoms with Crippen LogP contribution < -0.4 is 10.5 Å². The Bertz CT molecular complexity index is 559. The smallest absolute Gasteiger partial charge is 0.244 e. The highest BCUT2D eigenvalue weighted by Crippen LogP contribution is 2.26. The molecular formula is C13H22N2O4S. The van der Waals surface area contributed by atoms with Crippen molar-refractivity contribution in [3.63, 3.8) is 0 Å². The van der Waals surface area contributed by atoms with Gasteiger partial charge in [-0.25, -0.2) is 13.1 Å². The van der Waals surface area contributed by atoms with Crippen LogP contribution in [-0.2, 0) is 21.3 Å². The monoisotopic (exact) mass is 302 g/mol. The lowest BCUT2D eigenvalue weighted by molar-refractivity contribution is 0.184. The summed E-state index contributed by atoms with van der Waals surface area (Å²) in [6, 6.07) is 0. The second-order valence-corrected chi connectivity index (χ2v) is 6.85. The van der Waals surface area contributed by atoms with Crippen LogP contribution in [0.25, 0.3) is 0 Å². The molecule has 0 saturated carbocycles. The summed E-state index contributed by atoms with van der Waals surface area (Å²) in [6.45, 7) is 5.42. The van der Waals surface area contributed by atoms with Gasteiger partial charge in [0.05, 0.1) is 0 Å². The van der Waals surface area contributed by atoms with Gasteiger partial charge in [0.2, 0.25) is 10.0 Å². The largest absolute Gasteiger partial charge is 0.465 e. The Morgan fingerprint density at radius 2 is 2.10 bits per heavy atom. The van der Waals surface area contributed by atoms with Gasteiger partial charge >= 0.3 is 0 Å². The Morgan fingerprint density at radius 3 is 2.70 bits per heavy atom. The van der Waals surface area contributed by atoms with Gasteiger partial charge in [0.15, 0.2) is 0 Å². The maximum Gasteiger partial charge on any atom is 0.244 e. The first-order chi connectivity index (χ1) is 9.45. The minimum atomic E-state index is -3.57. The average Bonchev–Trinajstić information content (AvgIpc) is 2.96. The third-order valence-corrected chi connectivity index (χ3v) is 5.32. The highest BCUT2D eigenvalue weighted by atomic mass is 32.2. The van der Waals surface area contributed by atoms with Crippen LogP contribution in [0.2, 0.25) is 0 Å². The zero-order chi connectivity index (χ0) is 14.8. The Morgan fingerprint density at radius 1 is 1.35 bits per heavy atom. The van der Waals surface area contributed by atoms with E-state index < -0.39 is 10.0 Å². The molecule has 7 heteroatoms. The number of sulfonamides is 1. The van der Waals surface area contributed by atoms with Crippen molar-refractivity contribution in [1.82, 2.24) is 4.72 Å². The highest BCUT2D eigenvalue weighted by molar-refractivity contribution is 7.89. The van der Waals surface area contributed by atoms with E-state index in [1.165, 1.54) is 0 Å². The van der Waals surface area contributed by atoms with E-state index in [0.29, 0.717) is 29.5 Å². The molecule has 1 aliphatic heterocycles. The lowest BCUT2D eigenvalue weighted by atomic mass is 10.1. The predicted molar refractivity (Wildman–Crippen MR) is 74.8 cm³/mol. The van der Waals surface area contributed by atoms with Gasteiger partial charge in [0.25, 0.3) is 0 Å². The van der Waals surface area contributed by atoms with Crippen molar-refractivity contribution < 1.29 is 17.6 Å². The molecule has 0 aromatic carbocycles. The molecule has 1 fully saturated rings. The van der Waals surface area contributed by atoms with Crippen LogP contribution in [0.15, 0.2) is 9.31 Å². The molecule has 1 aromatic rings. The van der Waals surface area contributed by atoms with E-state index in [1.54, 1.807) is 13.8 Å². The molecule has 0 aliphatic carbocycles. The molecule has 0 amide bonds. The Labute approximate surface area is 119 Å². The van der Waals surface area contributed by atoms with E-state index in [-0.39, 0.29) is 11.4 Å². The minimum absolute atomic E-state index is 0.149. The van der Waals surface area contributed by atoms with Crippen LogP contribution >= 0.6 is 0 Å². The topological polar surface area (TPSA) is 94.6 Å². The Balaban J connectivity index is 2.06. The molecule has 1 saturated heterocycles. The summed E-state index contributed by atoms with van der Waals surface area (Å²) in [4.78, 5) is 0.195. The second kappa shape index (κ2) is 6.26. The molecule has 0 radical (unpaired) electrons. The van der Waals surface area contributed by atoms with Crippen molar-refractivity contribution in [2.24, 2.45) is 11.7 Å². The summed E-state index contributed by atoms with van der Waals surface area (Å²) in [7, 11) is -3.57. The van der Waals surface area contributed by atoms with Crippen LogP contribution in [0.4, 0.5) is 0 Å². The zero-order valence-electron chi connectivity index (χ0n) is 11.9. The lowest BCUT2D eigenvalue weighted by Crippen LogP contribution is -2.27. The van der Waals surface area contributed by atoms with Gasteiger partial charge in [-0.1, -0.05) is 0 Å². The number of aryl methyl sites for hydroxylation is 2. The molecule has 1 aromatic heterocycles. The molecule has 6 nitrogen and oxygen atoms in total. The molecule has 2 heterocycles. The quantitative estimate of drug-likeness (QED) is 0.819. The van der Waals surface area contributed by atoms with Gasteiger partial charge in [0, 0.05) is 31.9 Å². The number of hydrogen-bond donors (Lipinski definition) is 2. The average molecular weight is 302 g/mol. The van der Waals surface area contributed by atoms with Gasteiger partial charge in [-0.05, 0) is 32.6 Å². The van der Waals surface area contributed by atoms with Crippen molar-refractivity contribution in [1.29, 1.82) is 0 Å². The van der Waals surface area contributed by atoms with Crippen molar-refractivity contribution in [2.75, 3.05) is 19.8 Å². The van der Waals surface area contributed by atoms with Gasteiger partial charge in [-0.2, -0.15) is 0 Å². The number of hydrogen-bond acceptors (Lipinski definition) is 5. The highest BCUT2D eigenvalue weighted by Gasteiger charge is 2.26. The first kappa shape index (κ1) is 15.5. The predicted octanol–water partition coefficient (Wildman–Crippen LogP) is 1.06. The summed E-state index contributed by atoms with van der Waals surface area (Å²) in [6.07, 6.45) is 1.78. The van der Waals surface area contributed by atoms with Gasteiger partial charge in [-0.15, -0.1) is 0 Å². The van der Waals surface area contributed by atoms with Crippen molar-refractivity contribution in [3.05, 3.63) is 17.1 Å². The molecule has 0 bridgehead atoms. The molecule has 2 rings (SSSR count). The van der Waals surface area contributed by atoms with E-state index >= 15 is 0 Å². The number of furan rings is 1. The summed E-state index contributed by atoms with van der Waals surface area (Å²) < 4.78 is 38.0. The molecule has 3 N–H and O–H groups in total. The van der Waals surface area contributed by atoms with E-state index in [2.05, 4.69) is 4.72 Å². The van der Waals surface area contributed by atoms with Gasteiger partial charge in [-0.3, -0.25) is 0 Å². The number of ether oxygens (including phenoxy) is 1. The third-order valence-electron chi connectivity index (χ3n) is 3.67. The molecule has 20 heavy (non-hydrogen) atoms. The van der Waals surface area contributed by atoms with Crippen molar-refractivity contribution in [3.8, 4) is 0 Å². The van der Waals surface area contributed by atoms with Crippen LogP contribution in [0.1, 0.15) is 29.9 Å². The number of nitrogens with two attached hydrogens (primary N) is 1. The molecular weight excluding hydrogens is 280 g/mol. The molecule has 1 unspecified atom stereocenters. The van der Waals surface area contributed by atoms with Gasteiger partial charge in [0.1, 0.15) is 16.4 Å². The summed E-state index contributed by atoms with van der Waals surface area (Å²) in [5.74, 6) is 1.40. The van der Waals surface area contributed by atoms with E-state index in [9.17, 15) is 8.42 Å².